The van der Waals surface area contributed by atoms with Crippen LogP contribution in [0.1, 0.15) is 82.9 Å². The van der Waals surface area contributed by atoms with Crippen LogP contribution in [0.2, 0.25) is 0 Å². The molecule has 0 aliphatic carbocycles. The van der Waals surface area contributed by atoms with E-state index in [1.165, 1.54) is 5.38 Å². The summed E-state index contributed by atoms with van der Waals surface area (Å²) in [6.07, 6.45) is -2.27. The Hall–Kier alpha value is -6.49. The number of carboxylic acid groups (broad SMARTS) is 1. The number of hydrogen-bond acceptors (Lipinski definition) is 13. The zero-order valence-corrected chi connectivity index (χ0v) is 35.1. The summed E-state index contributed by atoms with van der Waals surface area (Å²) in [6.45, 7) is 11.1. The van der Waals surface area contributed by atoms with Crippen molar-refractivity contribution >= 4 is 52.1 Å². The number of benzene rings is 3. The van der Waals surface area contributed by atoms with Gasteiger partial charge in [0.05, 0.1) is 6.04 Å². The van der Waals surface area contributed by atoms with Crippen LogP contribution in [0.25, 0.3) is 0 Å². The summed E-state index contributed by atoms with van der Waals surface area (Å²) in [5, 5.41) is 17.8. The van der Waals surface area contributed by atoms with Gasteiger partial charge in [-0.25, -0.2) is 24.2 Å². The standard InChI is InChI=1S/C43H50N6O10S/c1-42(2,3)57-40(53)47-39-46-32(26-60-39)34(37(50)51)48-59-33(38(52)56-35(27-13-9-7-10-14-27)28-15-11-8-12-16-28)25-55-31-19-17-29(18-20-31)36(44)45-30-21-23-49(24-22-30)41(54)58-43(4,5)6/h7-20,26,30,33,35H,21-25H2,1-6H3,(H2,44,45)(H,50,51)(H,46,47,53)/t33-/m0/s1. The number of aliphatic imine (C=N–C) groups is 1. The molecule has 4 aromatic rings. The number of ether oxygens (including phenoxy) is 4. The Labute approximate surface area is 352 Å². The van der Waals surface area contributed by atoms with Crippen LogP contribution in [0, 0.1) is 0 Å². The number of likely N-dealkylation sites (tertiary alicyclic amines) is 1. The van der Waals surface area contributed by atoms with Gasteiger partial charge in [-0.3, -0.25) is 10.3 Å². The molecule has 5 rings (SSSR count). The highest BCUT2D eigenvalue weighted by molar-refractivity contribution is 7.14. The molecule has 1 aliphatic heterocycles. The molecule has 2 amide bonds. The van der Waals surface area contributed by atoms with Gasteiger partial charge in [0, 0.05) is 24.0 Å². The van der Waals surface area contributed by atoms with Crippen LogP contribution in [-0.2, 0) is 28.6 Å². The molecular weight excluding hydrogens is 793 g/mol. The normalized spacial score (nSPS) is 14.6. The Kier molecular flexibility index (Phi) is 14.9. The summed E-state index contributed by atoms with van der Waals surface area (Å²) < 4.78 is 22.7. The van der Waals surface area contributed by atoms with E-state index in [2.05, 4.69) is 20.4 Å². The number of nitrogens with zero attached hydrogens (tertiary/aromatic N) is 4. The van der Waals surface area contributed by atoms with E-state index in [1.807, 2.05) is 81.4 Å². The number of carbonyl (C=O) groups is 4. The third kappa shape index (κ3) is 13.5. The zero-order valence-electron chi connectivity index (χ0n) is 34.3. The third-order valence-corrected chi connectivity index (χ3v) is 9.28. The van der Waals surface area contributed by atoms with Crippen LogP contribution in [-0.4, -0.2) is 93.7 Å². The second-order valence-electron chi connectivity index (χ2n) is 15.7. The van der Waals surface area contributed by atoms with Crippen molar-refractivity contribution in [2.24, 2.45) is 15.9 Å². The van der Waals surface area contributed by atoms with Crippen molar-refractivity contribution in [1.29, 1.82) is 0 Å². The molecule has 0 spiro atoms. The average molecular weight is 843 g/mol. The van der Waals surface area contributed by atoms with Gasteiger partial charge in [0.25, 0.3) is 6.10 Å². The molecule has 17 heteroatoms. The second-order valence-corrected chi connectivity index (χ2v) is 16.5. The molecule has 60 heavy (non-hydrogen) atoms. The number of nitrogens with one attached hydrogen (secondary N) is 1. The molecule has 1 atom stereocenters. The number of esters is 1. The second kappa shape index (κ2) is 20.0. The number of anilines is 1. The molecule has 1 aliphatic rings. The maximum absolute atomic E-state index is 14.0. The minimum Gasteiger partial charge on any atom is -0.489 e. The van der Waals surface area contributed by atoms with Crippen molar-refractivity contribution in [3.63, 3.8) is 0 Å². The number of carboxylic acids is 1. The fourth-order valence-electron chi connectivity index (χ4n) is 5.73. The van der Waals surface area contributed by atoms with Gasteiger partial charge < -0.3 is 39.5 Å². The number of amidine groups is 1. The number of rotatable bonds is 14. The quantitative estimate of drug-likeness (QED) is 0.0379. The molecular formula is C43H50N6O10S. The van der Waals surface area contributed by atoms with Gasteiger partial charge in [0.15, 0.2) is 11.2 Å². The van der Waals surface area contributed by atoms with E-state index >= 15 is 0 Å². The van der Waals surface area contributed by atoms with Crippen LogP contribution < -0.4 is 15.8 Å². The van der Waals surface area contributed by atoms with Crippen LogP contribution >= 0.6 is 11.3 Å². The monoisotopic (exact) mass is 842 g/mol. The fraction of sp³-hybridized carbons (Fsp3) is 0.372. The first-order valence-electron chi connectivity index (χ1n) is 19.2. The number of aliphatic carboxylic acids is 1. The minimum atomic E-state index is -1.56. The van der Waals surface area contributed by atoms with E-state index in [-0.39, 0.29) is 23.0 Å². The lowest BCUT2D eigenvalue weighted by atomic mass is 10.0. The number of piperidine rings is 1. The molecule has 0 bridgehead atoms. The summed E-state index contributed by atoms with van der Waals surface area (Å²) in [7, 11) is 0. The number of aromatic nitrogens is 1. The topological polar surface area (TPSA) is 214 Å². The van der Waals surface area contributed by atoms with E-state index in [0.717, 1.165) is 11.3 Å². The maximum atomic E-state index is 14.0. The number of thiazole rings is 1. The van der Waals surface area contributed by atoms with Gasteiger partial charge in [-0.1, -0.05) is 65.8 Å². The van der Waals surface area contributed by atoms with Gasteiger partial charge in [0.2, 0.25) is 5.71 Å². The SMILES string of the molecule is CC(C)(C)OC(=O)Nc1nc(C(=NO[C@@H](COc2ccc(C(N)=NC3CCN(C(=O)OC(C)(C)C)CC3)cc2)C(=O)OC(c2ccccc2)c2ccccc2)C(=O)O)cs1. The fourth-order valence-corrected chi connectivity index (χ4v) is 6.41. The molecule has 1 aromatic heterocycles. The number of hydrogen-bond donors (Lipinski definition) is 3. The van der Waals surface area contributed by atoms with E-state index in [1.54, 1.807) is 49.9 Å². The van der Waals surface area contributed by atoms with Crippen LogP contribution in [0.5, 0.6) is 5.75 Å². The first-order chi connectivity index (χ1) is 28.4. The van der Waals surface area contributed by atoms with Crippen LogP contribution in [0.3, 0.4) is 0 Å². The summed E-state index contributed by atoms with van der Waals surface area (Å²) in [4.78, 5) is 67.2. The zero-order chi connectivity index (χ0) is 43.5. The number of nitrogens with two attached hydrogens (primary N) is 1. The summed E-state index contributed by atoms with van der Waals surface area (Å²) in [5.41, 5.74) is 6.25. The molecule has 3 aromatic carbocycles. The maximum Gasteiger partial charge on any atom is 0.413 e. The van der Waals surface area contributed by atoms with E-state index in [4.69, 9.17) is 29.5 Å². The Morgan fingerprint density at radius 2 is 1.47 bits per heavy atom. The smallest absolute Gasteiger partial charge is 0.413 e. The Morgan fingerprint density at radius 1 is 0.883 bits per heavy atom. The lowest BCUT2D eigenvalue weighted by Gasteiger charge is -2.32. The molecule has 0 unspecified atom stereocenters. The summed E-state index contributed by atoms with van der Waals surface area (Å²) in [6, 6.07) is 24.8. The Balaban J connectivity index is 1.31. The molecule has 2 heterocycles. The Morgan fingerprint density at radius 3 is 2.02 bits per heavy atom. The van der Waals surface area contributed by atoms with Gasteiger partial charge in [-0.2, -0.15) is 0 Å². The number of oxime groups is 1. The number of amides is 2. The van der Waals surface area contributed by atoms with Gasteiger partial charge in [-0.15, -0.1) is 11.3 Å². The predicted molar refractivity (Wildman–Crippen MR) is 225 cm³/mol. The minimum absolute atomic E-state index is 0.0544. The summed E-state index contributed by atoms with van der Waals surface area (Å²) >= 11 is 0.941. The van der Waals surface area contributed by atoms with Crippen molar-refractivity contribution in [3.05, 3.63) is 113 Å². The van der Waals surface area contributed by atoms with Crippen molar-refractivity contribution in [2.75, 3.05) is 25.0 Å². The van der Waals surface area contributed by atoms with Crippen molar-refractivity contribution < 1.29 is 48.1 Å². The largest absolute Gasteiger partial charge is 0.489 e. The van der Waals surface area contributed by atoms with E-state index in [9.17, 15) is 24.3 Å². The first kappa shape index (κ1) is 44.6. The molecule has 0 saturated carbocycles. The average Bonchev–Trinajstić information content (AvgIpc) is 3.65. The highest BCUT2D eigenvalue weighted by Gasteiger charge is 2.31. The van der Waals surface area contributed by atoms with E-state index in [0.29, 0.717) is 54.2 Å². The highest BCUT2D eigenvalue weighted by atomic mass is 32.1. The predicted octanol–water partition coefficient (Wildman–Crippen LogP) is 7.18. The summed E-state index contributed by atoms with van der Waals surface area (Å²) in [5.74, 6) is -1.75. The Bertz CT molecular complexity index is 2100. The lowest BCUT2D eigenvalue weighted by molar-refractivity contribution is -0.163. The van der Waals surface area contributed by atoms with Gasteiger partial charge in [-0.05, 0) is 89.8 Å². The highest BCUT2D eigenvalue weighted by Crippen LogP contribution is 2.27. The van der Waals surface area contributed by atoms with E-state index < -0.39 is 53.8 Å². The molecule has 4 N–H and O–H groups in total. The van der Waals surface area contributed by atoms with Gasteiger partial charge in [0.1, 0.15) is 35.1 Å². The van der Waals surface area contributed by atoms with Crippen LogP contribution in [0.4, 0.5) is 14.7 Å². The molecule has 318 valence electrons. The van der Waals surface area contributed by atoms with Crippen molar-refractivity contribution in [1.82, 2.24) is 9.88 Å². The number of carbonyl (C=O) groups excluding carboxylic acids is 3. The third-order valence-electron chi connectivity index (χ3n) is 8.52. The molecule has 16 nitrogen and oxygen atoms in total. The lowest BCUT2D eigenvalue weighted by Crippen LogP contribution is -2.42. The molecule has 1 fully saturated rings. The van der Waals surface area contributed by atoms with Gasteiger partial charge >= 0.3 is 24.1 Å². The molecule has 0 radical (unpaired) electrons. The molecule has 1 saturated heterocycles. The van der Waals surface area contributed by atoms with Crippen molar-refractivity contribution in [2.45, 2.75) is 83.8 Å². The van der Waals surface area contributed by atoms with Crippen LogP contribution in [0.15, 0.2) is 100 Å². The first-order valence-corrected chi connectivity index (χ1v) is 20.1. The van der Waals surface area contributed by atoms with Crippen molar-refractivity contribution in [3.8, 4) is 5.75 Å².